The molecule has 1 fully saturated rings. The Morgan fingerprint density at radius 1 is 1.10 bits per heavy atom. The number of rotatable bonds is 5. The number of ether oxygens (including phenoxy) is 1. The van der Waals surface area contributed by atoms with Gasteiger partial charge in [-0.15, -0.1) is 0 Å². The third-order valence-corrected chi connectivity index (χ3v) is 7.47. The number of Topliss-reactive ketones (excluding diaryl/α,β-unsaturated/α-hetero) is 1. The molecule has 1 amide bonds. The highest BCUT2D eigenvalue weighted by Crippen LogP contribution is 2.31. The average molecular weight is 470 g/mol. The predicted octanol–water partition coefficient (Wildman–Crippen LogP) is 4.05. The molecule has 2 aromatic rings. The topological polar surface area (TPSA) is 80.8 Å². The SMILES string of the molecule is COc1ccc(Cl)cc1CC1CCC(=O)CN(S(=O)(=O)c2ccc(Cl)cc2C)C1=O. The molecule has 30 heavy (non-hydrogen) atoms. The molecule has 1 saturated heterocycles. The summed E-state index contributed by atoms with van der Waals surface area (Å²) in [5, 5.41) is 0.861. The second kappa shape index (κ2) is 8.96. The van der Waals surface area contributed by atoms with Gasteiger partial charge in [-0.2, -0.15) is 0 Å². The lowest BCUT2D eigenvalue weighted by molar-refractivity contribution is -0.131. The molecule has 0 radical (unpaired) electrons. The van der Waals surface area contributed by atoms with E-state index in [9.17, 15) is 18.0 Å². The molecule has 6 nitrogen and oxygen atoms in total. The zero-order chi connectivity index (χ0) is 22.1. The zero-order valence-electron chi connectivity index (χ0n) is 16.5. The Bertz CT molecular complexity index is 1100. The van der Waals surface area contributed by atoms with Gasteiger partial charge in [0.15, 0.2) is 5.78 Å². The van der Waals surface area contributed by atoms with Gasteiger partial charge in [-0.25, -0.2) is 12.7 Å². The summed E-state index contributed by atoms with van der Waals surface area (Å²) in [6, 6.07) is 9.35. The number of benzene rings is 2. The minimum atomic E-state index is -4.22. The second-order valence-corrected chi connectivity index (χ2v) is 9.90. The van der Waals surface area contributed by atoms with Crippen LogP contribution in [0.2, 0.25) is 10.0 Å². The van der Waals surface area contributed by atoms with Gasteiger partial charge < -0.3 is 4.74 Å². The van der Waals surface area contributed by atoms with Crippen LogP contribution in [0.1, 0.15) is 24.0 Å². The molecule has 1 aliphatic rings. The van der Waals surface area contributed by atoms with Crippen molar-refractivity contribution in [1.29, 1.82) is 0 Å². The summed E-state index contributed by atoms with van der Waals surface area (Å²) in [7, 11) is -2.71. The minimum absolute atomic E-state index is 0.0472. The van der Waals surface area contributed by atoms with Gasteiger partial charge in [0, 0.05) is 22.4 Å². The van der Waals surface area contributed by atoms with Gasteiger partial charge in [-0.1, -0.05) is 23.2 Å². The standard InChI is InChI=1S/C21H21Cl2NO5S/c1-13-9-16(22)5-8-20(13)30(27,28)24-12-18(25)6-3-14(21(24)26)10-15-11-17(23)4-7-19(15)29-2/h4-5,7-9,11,14H,3,6,10,12H2,1-2H3. The number of halogens is 2. The molecule has 2 aromatic carbocycles. The minimum Gasteiger partial charge on any atom is -0.496 e. The van der Waals surface area contributed by atoms with Gasteiger partial charge >= 0.3 is 0 Å². The first-order valence-electron chi connectivity index (χ1n) is 9.30. The fourth-order valence-electron chi connectivity index (χ4n) is 3.57. The van der Waals surface area contributed by atoms with Crippen molar-refractivity contribution in [2.45, 2.75) is 31.1 Å². The molecule has 0 bridgehead atoms. The number of ketones is 1. The van der Waals surface area contributed by atoms with Crippen LogP contribution in [0.15, 0.2) is 41.3 Å². The van der Waals surface area contributed by atoms with E-state index in [4.69, 9.17) is 27.9 Å². The largest absolute Gasteiger partial charge is 0.496 e. The van der Waals surface area contributed by atoms with E-state index in [-0.39, 0.29) is 29.9 Å². The Morgan fingerprint density at radius 3 is 2.43 bits per heavy atom. The lowest BCUT2D eigenvalue weighted by Gasteiger charge is -2.24. The van der Waals surface area contributed by atoms with Crippen LogP contribution in [-0.2, 0) is 26.0 Å². The summed E-state index contributed by atoms with van der Waals surface area (Å²) in [6.07, 6.45) is 0.575. The van der Waals surface area contributed by atoms with Crippen molar-refractivity contribution in [2.75, 3.05) is 13.7 Å². The van der Waals surface area contributed by atoms with Crippen molar-refractivity contribution in [2.24, 2.45) is 5.92 Å². The first-order valence-corrected chi connectivity index (χ1v) is 11.5. The Labute approximate surface area is 185 Å². The van der Waals surface area contributed by atoms with Crippen molar-refractivity contribution in [1.82, 2.24) is 4.31 Å². The number of hydrogen-bond donors (Lipinski definition) is 0. The summed E-state index contributed by atoms with van der Waals surface area (Å²) >= 11 is 12.0. The van der Waals surface area contributed by atoms with Crippen LogP contribution in [0.3, 0.4) is 0 Å². The third-order valence-electron chi connectivity index (χ3n) is 5.10. The van der Waals surface area contributed by atoms with E-state index in [1.807, 2.05) is 0 Å². The number of carbonyl (C=O) groups excluding carboxylic acids is 2. The van der Waals surface area contributed by atoms with Gasteiger partial charge in [0.05, 0.1) is 18.6 Å². The van der Waals surface area contributed by atoms with Gasteiger partial charge in [0.1, 0.15) is 5.75 Å². The highest BCUT2D eigenvalue weighted by atomic mass is 35.5. The van der Waals surface area contributed by atoms with E-state index < -0.39 is 28.4 Å². The maximum absolute atomic E-state index is 13.3. The molecular weight excluding hydrogens is 449 g/mol. The van der Waals surface area contributed by atoms with Crippen molar-refractivity contribution < 1.29 is 22.7 Å². The molecule has 1 atom stereocenters. The fraction of sp³-hybridized carbons (Fsp3) is 0.333. The van der Waals surface area contributed by atoms with Crippen molar-refractivity contribution in [3.63, 3.8) is 0 Å². The van der Waals surface area contributed by atoms with E-state index in [1.165, 1.54) is 25.3 Å². The van der Waals surface area contributed by atoms with Crippen LogP contribution in [0.4, 0.5) is 0 Å². The Hall–Kier alpha value is -2.09. The monoisotopic (exact) mass is 469 g/mol. The van der Waals surface area contributed by atoms with E-state index in [0.717, 1.165) is 0 Å². The highest BCUT2D eigenvalue weighted by molar-refractivity contribution is 7.89. The Kier molecular flexibility index (Phi) is 6.75. The van der Waals surface area contributed by atoms with Gasteiger partial charge in [-0.3, -0.25) is 9.59 Å². The molecule has 0 aliphatic carbocycles. The molecule has 1 unspecified atom stereocenters. The van der Waals surface area contributed by atoms with E-state index in [0.29, 0.717) is 31.2 Å². The molecule has 0 spiro atoms. The lowest BCUT2D eigenvalue weighted by Crippen LogP contribution is -2.42. The molecule has 160 valence electrons. The molecule has 0 saturated carbocycles. The van der Waals surface area contributed by atoms with Gasteiger partial charge in [0.2, 0.25) is 5.91 Å². The number of amides is 1. The first-order chi connectivity index (χ1) is 14.1. The summed E-state index contributed by atoms with van der Waals surface area (Å²) in [4.78, 5) is 25.5. The smallest absolute Gasteiger partial charge is 0.267 e. The Balaban J connectivity index is 1.99. The lowest BCUT2D eigenvalue weighted by atomic mass is 9.93. The van der Waals surface area contributed by atoms with Gasteiger partial charge in [-0.05, 0) is 67.3 Å². The van der Waals surface area contributed by atoms with Crippen LogP contribution in [-0.4, -0.2) is 38.1 Å². The molecule has 0 N–H and O–H groups in total. The first kappa shape index (κ1) is 22.6. The fourth-order valence-corrected chi connectivity index (χ4v) is 5.63. The molecule has 0 aromatic heterocycles. The number of carbonyl (C=O) groups is 2. The molecule has 9 heteroatoms. The number of sulfonamides is 1. The second-order valence-electron chi connectivity index (χ2n) is 7.19. The quantitative estimate of drug-likeness (QED) is 0.659. The Morgan fingerprint density at radius 2 is 1.77 bits per heavy atom. The van der Waals surface area contributed by atoms with E-state index in [1.54, 1.807) is 25.1 Å². The van der Waals surface area contributed by atoms with Crippen LogP contribution >= 0.6 is 23.2 Å². The van der Waals surface area contributed by atoms with E-state index in [2.05, 4.69) is 0 Å². The third kappa shape index (κ3) is 4.63. The van der Waals surface area contributed by atoms with Gasteiger partial charge in [0.25, 0.3) is 10.0 Å². The number of aryl methyl sites for hydroxylation is 1. The molecule has 3 rings (SSSR count). The zero-order valence-corrected chi connectivity index (χ0v) is 18.9. The van der Waals surface area contributed by atoms with Crippen molar-refractivity contribution in [3.05, 3.63) is 57.6 Å². The average Bonchev–Trinajstić information content (AvgIpc) is 2.81. The van der Waals surface area contributed by atoms with Crippen LogP contribution in [0.5, 0.6) is 5.75 Å². The summed E-state index contributed by atoms with van der Waals surface area (Å²) in [6.45, 7) is 1.11. The number of nitrogens with zero attached hydrogens (tertiary/aromatic N) is 1. The van der Waals surface area contributed by atoms with Crippen LogP contribution in [0, 0.1) is 12.8 Å². The number of methoxy groups -OCH3 is 1. The predicted molar refractivity (Wildman–Crippen MR) is 115 cm³/mol. The van der Waals surface area contributed by atoms with Crippen LogP contribution in [0.25, 0.3) is 0 Å². The molecule has 1 heterocycles. The highest BCUT2D eigenvalue weighted by Gasteiger charge is 2.38. The summed E-state index contributed by atoms with van der Waals surface area (Å²) in [5.74, 6) is -1.08. The van der Waals surface area contributed by atoms with E-state index >= 15 is 0 Å². The molecule has 1 aliphatic heterocycles. The summed E-state index contributed by atoms with van der Waals surface area (Å²) in [5.41, 5.74) is 1.08. The number of hydrogen-bond acceptors (Lipinski definition) is 5. The van der Waals surface area contributed by atoms with Crippen LogP contribution < -0.4 is 4.74 Å². The maximum Gasteiger partial charge on any atom is 0.267 e. The summed E-state index contributed by atoms with van der Waals surface area (Å²) < 4.78 is 32.6. The van der Waals surface area contributed by atoms with Crippen molar-refractivity contribution >= 4 is 44.9 Å². The maximum atomic E-state index is 13.3. The molecular formula is C21H21Cl2NO5S. The normalized spacial score (nSPS) is 17.7. The van der Waals surface area contributed by atoms with Crippen molar-refractivity contribution in [3.8, 4) is 5.75 Å².